The molecule has 1 fully saturated rings. The Balaban J connectivity index is 1.90. The molecule has 19 heavy (non-hydrogen) atoms. The Morgan fingerprint density at radius 2 is 2.16 bits per heavy atom. The van der Waals surface area contributed by atoms with Crippen molar-refractivity contribution in [3.8, 4) is 0 Å². The topological polar surface area (TPSA) is 64.8 Å². The Morgan fingerprint density at radius 1 is 1.37 bits per heavy atom. The minimum absolute atomic E-state index is 0.128. The average molecular weight is 324 g/mol. The maximum Gasteiger partial charge on any atom is 0.132 e. The van der Waals surface area contributed by atoms with E-state index < -0.39 is 0 Å². The Bertz CT molecular complexity index is 574. The van der Waals surface area contributed by atoms with Gasteiger partial charge in [0.15, 0.2) is 0 Å². The highest BCUT2D eigenvalue weighted by Crippen LogP contribution is 2.30. The van der Waals surface area contributed by atoms with Crippen LogP contribution in [-0.4, -0.2) is 29.3 Å². The molecule has 0 radical (unpaired) electrons. The van der Waals surface area contributed by atoms with E-state index in [2.05, 4.69) is 60.9 Å². The molecule has 1 aliphatic rings. The molecule has 1 aromatic heterocycles. The van der Waals surface area contributed by atoms with Gasteiger partial charge in [-0.3, -0.25) is 10.6 Å². The van der Waals surface area contributed by atoms with E-state index >= 15 is 0 Å². The molecule has 0 saturated carbocycles. The summed E-state index contributed by atoms with van der Waals surface area (Å²) in [6.07, 6.45) is 2.21. The van der Waals surface area contributed by atoms with Crippen LogP contribution in [-0.2, 0) is 6.42 Å². The van der Waals surface area contributed by atoms with Crippen LogP contribution in [0.1, 0.15) is 19.2 Å². The number of halogens is 1. The van der Waals surface area contributed by atoms with Crippen LogP contribution in [0, 0.1) is 0 Å². The van der Waals surface area contributed by atoms with Crippen molar-refractivity contribution in [3.63, 3.8) is 0 Å². The third-order valence-corrected chi connectivity index (χ3v) is 4.05. The molecule has 0 amide bonds. The van der Waals surface area contributed by atoms with E-state index in [1.54, 1.807) is 0 Å². The highest BCUT2D eigenvalue weighted by atomic mass is 79.9. The molecule has 1 aliphatic heterocycles. The van der Waals surface area contributed by atoms with Crippen LogP contribution in [0.5, 0.6) is 0 Å². The molecular weight excluding hydrogens is 306 g/mol. The molecule has 1 aromatic carbocycles. The average Bonchev–Trinajstić information content (AvgIpc) is 3.02. The molecule has 102 valence electrons. The van der Waals surface area contributed by atoms with Gasteiger partial charge in [-0.2, -0.15) is 0 Å². The van der Waals surface area contributed by atoms with Crippen LogP contribution in [0.4, 0.5) is 5.69 Å². The number of anilines is 1. The first-order chi connectivity index (χ1) is 9.28. The summed E-state index contributed by atoms with van der Waals surface area (Å²) in [4.78, 5) is 8.01. The predicted molar refractivity (Wildman–Crippen MR) is 81.2 cm³/mol. The summed E-state index contributed by atoms with van der Waals surface area (Å²) >= 11 is 3.65. The summed E-state index contributed by atoms with van der Waals surface area (Å²) in [5.41, 5.74) is 3.12. The SMILES string of the molecule is CCCc1nc2c(Br)c(NC3NCCN3)ccc2[nH]1. The van der Waals surface area contributed by atoms with Gasteiger partial charge in [0.2, 0.25) is 0 Å². The van der Waals surface area contributed by atoms with E-state index in [0.717, 1.165) is 52.9 Å². The lowest BCUT2D eigenvalue weighted by atomic mass is 10.3. The minimum Gasteiger partial charge on any atom is -0.357 e. The van der Waals surface area contributed by atoms with Crippen molar-refractivity contribution in [2.75, 3.05) is 18.4 Å². The summed E-state index contributed by atoms with van der Waals surface area (Å²) < 4.78 is 1.01. The van der Waals surface area contributed by atoms with Crippen molar-refractivity contribution in [2.24, 2.45) is 0 Å². The molecular formula is C13H18BrN5. The molecule has 6 heteroatoms. The first kappa shape index (κ1) is 12.9. The number of imidazole rings is 1. The number of rotatable bonds is 4. The number of fused-ring (bicyclic) bond motifs is 1. The number of hydrogen-bond donors (Lipinski definition) is 4. The van der Waals surface area contributed by atoms with Crippen molar-refractivity contribution < 1.29 is 0 Å². The maximum atomic E-state index is 4.65. The lowest BCUT2D eigenvalue weighted by molar-refractivity contribution is 0.620. The number of aromatic amines is 1. The second-order valence-corrected chi connectivity index (χ2v) is 5.54. The van der Waals surface area contributed by atoms with E-state index in [-0.39, 0.29) is 6.29 Å². The highest BCUT2D eigenvalue weighted by molar-refractivity contribution is 9.10. The van der Waals surface area contributed by atoms with Gasteiger partial charge in [0.05, 0.1) is 15.7 Å². The molecule has 0 unspecified atom stereocenters. The monoisotopic (exact) mass is 323 g/mol. The van der Waals surface area contributed by atoms with Crippen molar-refractivity contribution in [1.82, 2.24) is 20.6 Å². The van der Waals surface area contributed by atoms with Crippen LogP contribution in [0.25, 0.3) is 11.0 Å². The van der Waals surface area contributed by atoms with Gasteiger partial charge in [-0.15, -0.1) is 0 Å². The first-order valence-electron chi connectivity index (χ1n) is 6.68. The third kappa shape index (κ3) is 2.61. The number of benzene rings is 1. The summed E-state index contributed by atoms with van der Waals surface area (Å²) in [5, 5.41) is 10.1. The number of nitrogens with zero attached hydrogens (tertiary/aromatic N) is 1. The molecule has 2 heterocycles. The van der Waals surface area contributed by atoms with E-state index in [1.165, 1.54) is 0 Å². The molecule has 0 bridgehead atoms. The molecule has 1 saturated heterocycles. The zero-order valence-corrected chi connectivity index (χ0v) is 12.5. The Kier molecular flexibility index (Phi) is 3.72. The Hall–Kier alpha value is -1.11. The summed E-state index contributed by atoms with van der Waals surface area (Å²) in [6.45, 7) is 4.13. The van der Waals surface area contributed by atoms with E-state index in [1.807, 2.05) is 0 Å². The van der Waals surface area contributed by atoms with Gasteiger partial charge in [0.25, 0.3) is 0 Å². The Morgan fingerprint density at radius 3 is 2.89 bits per heavy atom. The summed E-state index contributed by atoms with van der Waals surface area (Å²) in [6, 6.07) is 4.14. The van der Waals surface area contributed by atoms with Crippen LogP contribution in [0.2, 0.25) is 0 Å². The molecule has 5 nitrogen and oxygen atoms in total. The predicted octanol–water partition coefficient (Wildman–Crippen LogP) is 2.17. The van der Waals surface area contributed by atoms with Crippen molar-refractivity contribution in [3.05, 3.63) is 22.4 Å². The molecule has 3 rings (SSSR count). The summed E-state index contributed by atoms with van der Waals surface area (Å²) in [5.74, 6) is 1.05. The Labute approximate surface area is 120 Å². The lowest BCUT2D eigenvalue weighted by Gasteiger charge is -2.15. The van der Waals surface area contributed by atoms with Gasteiger partial charge in [-0.25, -0.2) is 4.98 Å². The second-order valence-electron chi connectivity index (χ2n) is 4.74. The van der Waals surface area contributed by atoms with Crippen molar-refractivity contribution in [2.45, 2.75) is 26.1 Å². The van der Waals surface area contributed by atoms with E-state index in [4.69, 9.17) is 0 Å². The molecule has 0 aliphatic carbocycles. The zero-order chi connectivity index (χ0) is 13.2. The summed E-state index contributed by atoms with van der Waals surface area (Å²) in [7, 11) is 0. The first-order valence-corrected chi connectivity index (χ1v) is 7.47. The van der Waals surface area contributed by atoms with Crippen LogP contribution < -0.4 is 16.0 Å². The molecule has 4 N–H and O–H groups in total. The van der Waals surface area contributed by atoms with Crippen LogP contribution in [0.3, 0.4) is 0 Å². The fraction of sp³-hybridized carbons (Fsp3) is 0.462. The number of H-pyrrole nitrogens is 1. The van der Waals surface area contributed by atoms with Crippen LogP contribution >= 0.6 is 15.9 Å². The molecule has 0 atom stereocenters. The number of aromatic nitrogens is 2. The zero-order valence-electron chi connectivity index (χ0n) is 10.9. The van der Waals surface area contributed by atoms with Crippen molar-refractivity contribution in [1.29, 1.82) is 0 Å². The smallest absolute Gasteiger partial charge is 0.132 e. The highest BCUT2D eigenvalue weighted by Gasteiger charge is 2.15. The largest absolute Gasteiger partial charge is 0.357 e. The fourth-order valence-corrected chi connectivity index (χ4v) is 2.87. The number of nitrogens with one attached hydrogen (secondary N) is 4. The second kappa shape index (κ2) is 5.48. The standard InChI is InChI=1S/C13H18BrN5/c1-2-3-10-17-9-5-4-8(11(14)12(9)19-10)18-13-15-6-7-16-13/h4-5,13,15-16,18H,2-3,6-7H2,1H3,(H,17,19). The van der Waals surface area contributed by atoms with Crippen molar-refractivity contribution >= 4 is 32.7 Å². The van der Waals surface area contributed by atoms with Gasteiger partial charge < -0.3 is 10.3 Å². The minimum atomic E-state index is 0.128. The lowest BCUT2D eigenvalue weighted by Crippen LogP contribution is -2.38. The molecule has 0 spiro atoms. The van der Waals surface area contributed by atoms with Crippen LogP contribution in [0.15, 0.2) is 16.6 Å². The number of aryl methyl sites for hydroxylation is 1. The van der Waals surface area contributed by atoms with Gasteiger partial charge >= 0.3 is 0 Å². The van der Waals surface area contributed by atoms with Gasteiger partial charge in [-0.05, 0) is 34.5 Å². The van der Waals surface area contributed by atoms with Gasteiger partial charge in [0, 0.05) is 19.5 Å². The normalized spacial score (nSPS) is 16.3. The van der Waals surface area contributed by atoms with Gasteiger partial charge in [-0.1, -0.05) is 6.92 Å². The van der Waals surface area contributed by atoms with Gasteiger partial charge in [0.1, 0.15) is 17.6 Å². The van der Waals surface area contributed by atoms with E-state index in [0.29, 0.717) is 0 Å². The van der Waals surface area contributed by atoms with E-state index in [9.17, 15) is 0 Å². The molecule has 2 aromatic rings. The quantitative estimate of drug-likeness (QED) is 0.696. The number of hydrogen-bond acceptors (Lipinski definition) is 4. The maximum absolute atomic E-state index is 4.65. The fourth-order valence-electron chi connectivity index (χ4n) is 2.32. The third-order valence-electron chi connectivity index (χ3n) is 3.25.